The van der Waals surface area contributed by atoms with Gasteiger partial charge in [0.15, 0.2) is 0 Å². The van der Waals surface area contributed by atoms with Gasteiger partial charge in [0.2, 0.25) is 20.0 Å². The first-order valence-electron chi connectivity index (χ1n) is 8.75. The fraction of sp³-hybridized carbons (Fsp3) is 0.353. The minimum Gasteiger partial charge on any atom is -0.351 e. The van der Waals surface area contributed by atoms with Gasteiger partial charge in [-0.15, -0.1) is 11.3 Å². The van der Waals surface area contributed by atoms with Gasteiger partial charge in [-0.2, -0.15) is 16.1 Å². The van der Waals surface area contributed by atoms with E-state index in [1.807, 2.05) is 0 Å². The largest absolute Gasteiger partial charge is 0.351 e. The monoisotopic (exact) mass is 475 g/mol. The Bertz CT molecular complexity index is 1070. The van der Waals surface area contributed by atoms with Gasteiger partial charge in [0.25, 0.3) is 5.91 Å². The van der Waals surface area contributed by atoms with Gasteiger partial charge in [-0.25, -0.2) is 22.0 Å². The molecule has 1 amide bonds. The third kappa shape index (κ3) is 5.38. The second-order valence-corrected chi connectivity index (χ2v) is 11.9. The van der Waals surface area contributed by atoms with Crippen molar-refractivity contribution in [2.75, 3.05) is 31.1 Å². The lowest BCUT2D eigenvalue weighted by Gasteiger charge is -2.25. The molecule has 2 heterocycles. The highest BCUT2D eigenvalue weighted by Gasteiger charge is 2.31. The lowest BCUT2D eigenvalue weighted by atomic mass is 10.1. The minimum absolute atomic E-state index is 0.0230. The van der Waals surface area contributed by atoms with Crippen molar-refractivity contribution in [1.29, 1.82) is 0 Å². The molecule has 1 saturated heterocycles. The van der Waals surface area contributed by atoms with Crippen molar-refractivity contribution in [2.24, 2.45) is 5.14 Å². The van der Waals surface area contributed by atoms with Gasteiger partial charge < -0.3 is 5.32 Å². The SMILES string of the molecule is NS(=O)(=O)c1ccc(CCNC(=O)c2sccc2S(=O)(=O)N2CCSCC2)cc1. The van der Waals surface area contributed by atoms with Crippen LogP contribution in [0.15, 0.2) is 45.5 Å². The number of carbonyl (C=O) groups excluding carboxylic acids is 1. The molecule has 0 spiro atoms. The smallest absolute Gasteiger partial charge is 0.262 e. The topological polar surface area (TPSA) is 127 Å². The standard InChI is InChI=1S/C17H21N3O5S4/c18-28(22,23)14-3-1-13(2-4-14)5-7-19-17(21)16-15(6-10-27-16)29(24,25)20-8-11-26-12-9-20/h1-4,6,10H,5,7-9,11-12H2,(H,19,21)(H2,18,22,23). The number of thiophene rings is 1. The van der Waals surface area contributed by atoms with Crippen LogP contribution in [0.3, 0.4) is 0 Å². The van der Waals surface area contributed by atoms with E-state index in [4.69, 9.17) is 5.14 Å². The van der Waals surface area contributed by atoms with Crippen LogP contribution in [0.4, 0.5) is 0 Å². The van der Waals surface area contributed by atoms with E-state index in [-0.39, 0.29) is 21.2 Å². The maximum Gasteiger partial charge on any atom is 0.262 e. The average molecular weight is 476 g/mol. The predicted molar refractivity (Wildman–Crippen MR) is 114 cm³/mol. The van der Waals surface area contributed by atoms with Crippen LogP contribution < -0.4 is 10.5 Å². The maximum absolute atomic E-state index is 12.9. The summed E-state index contributed by atoms with van der Waals surface area (Å²) in [5.41, 5.74) is 0.822. The number of sulfonamides is 2. The zero-order chi connectivity index (χ0) is 21.1. The molecule has 1 aliphatic rings. The Hall–Kier alpha value is -1.44. The maximum atomic E-state index is 12.9. The molecule has 0 aliphatic carbocycles. The van der Waals surface area contributed by atoms with Crippen LogP contribution in [0.5, 0.6) is 0 Å². The molecule has 0 atom stereocenters. The first kappa shape index (κ1) is 22.2. The fourth-order valence-electron chi connectivity index (χ4n) is 2.84. The zero-order valence-corrected chi connectivity index (χ0v) is 18.7. The van der Waals surface area contributed by atoms with Crippen molar-refractivity contribution in [2.45, 2.75) is 16.2 Å². The summed E-state index contributed by atoms with van der Waals surface area (Å²) in [6.45, 7) is 1.17. The van der Waals surface area contributed by atoms with E-state index < -0.39 is 26.0 Å². The van der Waals surface area contributed by atoms with Crippen LogP contribution in [-0.2, 0) is 26.5 Å². The molecule has 0 bridgehead atoms. The van der Waals surface area contributed by atoms with Gasteiger partial charge in [0, 0.05) is 31.1 Å². The molecule has 0 saturated carbocycles. The number of primary sulfonamides is 1. The van der Waals surface area contributed by atoms with Gasteiger partial charge >= 0.3 is 0 Å². The summed E-state index contributed by atoms with van der Waals surface area (Å²) in [6.07, 6.45) is 0.466. The van der Waals surface area contributed by atoms with E-state index >= 15 is 0 Å². The first-order chi connectivity index (χ1) is 13.7. The fourth-order valence-corrected chi connectivity index (χ4v) is 7.25. The summed E-state index contributed by atoms with van der Waals surface area (Å²) < 4.78 is 49.7. The van der Waals surface area contributed by atoms with Crippen LogP contribution >= 0.6 is 23.1 Å². The molecule has 8 nitrogen and oxygen atoms in total. The van der Waals surface area contributed by atoms with Crippen LogP contribution in [0.25, 0.3) is 0 Å². The highest BCUT2D eigenvalue weighted by Crippen LogP contribution is 2.27. The summed E-state index contributed by atoms with van der Waals surface area (Å²) >= 11 is 2.81. The van der Waals surface area contributed by atoms with Gasteiger partial charge in [-0.05, 0) is 35.6 Å². The van der Waals surface area contributed by atoms with Crippen molar-refractivity contribution in [3.8, 4) is 0 Å². The number of nitrogens with one attached hydrogen (secondary N) is 1. The minimum atomic E-state index is -3.74. The Kier molecular flexibility index (Phi) is 7.02. The van der Waals surface area contributed by atoms with E-state index in [2.05, 4.69) is 5.32 Å². The summed E-state index contributed by atoms with van der Waals surface area (Å²) in [4.78, 5) is 12.8. The van der Waals surface area contributed by atoms with E-state index in [0.29, 0.717) is 19.5 Å². The number of thioether (sulfide) groups is 1. The quantitative estimate of drug-likeness (QED) is 0.618. The molecule has 3 N–H and O–H groups in total. The predicted octanol–water partition coefficient (Wildman–Crippen LogP) is 1.11. The molecule has 1 fully saturated rings. The molecule has 0 unspecified atom stereocenters. The molecule has 158 valence electrons. The van der Waals surface area contributed by atoms with Crippen molar-refractivity contribution in [3.05, 3.63) is 46.2 Å². The number of nitrogens with two attached hydrogens (primary N) is 1. The van der Waals surface area contributed by atoms with Crippen molar-refractivity contribution in [3.63, 3.8) is 0 Å². The number of hydrogen-bond donors (Lipinski definition) is 2. The van der Waals surface area contributed by atoms with Gasteiger partial charge in [0.1, 0.15) is 9.77 Å². The third-order valence-corrected chi connectivity index (χ3v) is 9.23. The Labute approximate surface area is 178 Å². The summed E-state index contributed by atoms with van der Waals surface area (Å²) in [7, 11) is -7.43. The van der Waals surface area contributed by atoms with Gasteiger partial charge in [0.05, 0.1) is 4.90 Å². The van der Waals surface area contributed by atoms with Crippen molar-refractivity contribution in [1.82, 2.24) is 9.62 Å². The Balaban J connectivity index is 1.63. The summed E-state index contributed by atoms with van der Waals surface area (Å²) in [6, 6.07) is 7.55. The highest BCUT2D eigenvalue weighted by atomic mass is 32.2. The molecule has 0 radical (unpaired) electrons. The van der Waals surface area contributed by atoms with Crippen LogP contribution in [0.2, 0.25) is 0 Å². The lowest BCUT2D eigenvalue weighted by Crippen LogP contribution is -2.38. The second kappa shape index (κ2) is 9.14. The molecule has 12 heteroatoms. The second-order valence-electron chi connectivity index (χ2n) is 6.33. The highest BCUT2D eigenvalue weighted by molar-refractivity contribution is 7.99. The molecular weight excluding hydrogens is 454 g/mol. The number of rotatable bonds is 7. The van der Waals surface area contributed by atoms with E-state index in [1.165, 1.54) is 22.5 Å². The third-order valence-electron chi connectivity index (χ3n) is 4.37. The molecule has 2 aromatic rings. The number of amides is 1. The van der Waals surface area contributed by atoms with E-state index in [0.717, 1.165) is 28.4 Å². The zero-order valence-electron chi connectivity index (χ0n) is 15.4. The summed E-state index contributed by atoms with van der Waals surface area (Å²) in [5.74, 6) is 1.05. The number of benzene rings is 1. The number of carbonyl (C=O) groups is 1. The summed E-state index contributed by atoms with van der Waals surface area (Å²) in [5, 5.41) is 9.41. The Morgan fingerprint density at radius 3 is 2.34 bits per heavy atom. The normalized spacial score (nSPS) is 15.9. The average Bonchev–Trinajstić information content (AvgIpc) is 3.19. The van der Waals surface area contributed by atoms with E-state index in [9.17, 15) is 21.6 Å². The molecule has 1 aromatic carbocycles. The van der Waals surface area contributed by atoms with Crippen LogP contribution in [0, 0.1) is 0 Å². The molecule has 1 aromatic heterocycles. The first-order valence-corrected chi connectivity index (χ1v) is 13.8. The van der Waals surface area contributed by atoms with Gasteiger partial charge in [-0.1, -0.05) is 12.1 Å². The Morgan fingerprint density at radius 2 is 1.72 bits per heavy atom. The van der Waals surface area contributed by atoms with Crippen LogP contribution in [0.1, 0.15) is 15.2 Å². The van der Waals surface area contributed by atoms with Gasteiger partial charge in [-0.3, -0.25) is 4.79 Å². The van der Waals surface area contributed by atoms with Crippen molar-refractivity contribution >= 4 is 49.1 Å². The molecule has 1 aliphatic heterocycles. The Morgan fingerprint density at radius 1 is 1.07 bits per heavy atom. The lowest BCUT2D eigenvalue weighted by molar-refractivity contribution is 0.0955. The number of nitrogens with zero attached hydrogens (tertiary/aromatic N) is 1. The van der Waals surface area contributed by atoms with Crippen LogP contribution in [-0.4, -0.2) is 58.2 Å². The molecule has 29 heavy (non-hydrogen) atoms. The molecule has 3 rings (SSSR count). The van der Waals surface area contributed by atoms with E-state index in [1.54, 1.807) is 29.3 Å². The number of hydrogen-bond acceptors (Lipinski definition) is 7. The molecular formula is C17H21N3O5S4. The van der Waals surface area contributed by atoms with Crippen molar-refractivity contribution < 1.29 is 21.6 Å².